The van der Waals surface area contributed by atoms with E-state index < -0.39 is 23.1 Å². The van der Waals surface area contributed by atoms with Crippen molar-refractivity contribution >= 4 is 11.5 Å². The Kier molecular flexibility index (Phi) is 5.93. The topological polar surface area (TPSA) is 63.3 Å². The van der Waals surface area contributed by atoms with Crippen LogP contribution in [-0.4, -0.2) is 16.6 Å². The van der Waals surface area contributed by atoms with Crippen molar-refractivity contribution in [3.05, 3.63) is 76.9 Å². The number of hydrogen-bond acceptors (Lipinski definition) is 2. The molecule has 0 aliphatic carbocycles. The van der Waals surface area contributed by atoms with Gasteiger partial charge in [-0.2, -0.15) is 0 Å². The molecule has 3 nitrogen and oxygen atoms in total. The highest BCUT2D eigenvalue weighted by molar-refractivity contribution is 5.82. The van der Waals surface area contributed by atoms with Crippen molar-refractivity contribution in [1.29, 1.82) is 0 Å². The van der Waals surface area contributed by atoms with Gasteiger partial charge in [0.05, 0.1) is 0 Å². The lowest BCUT2D eigenvalue weighted by Gasteiger charge is -2.18. The van der Waals surface area contributed by atoms with Gasteiger partial charge in [0.2, 0.25) is 0 Å². The van der Waals surface area contributed by atoms with Crippen LogP contribution in [0.5, 0.6) is 0 Å². The lowest BCUT2D eigenvalue weighted by atomic mass is 9.91. The van der Waals surface area contributed by atoms with E-state index in [1.807, 2.05) is 24.3 Å². The fourth-order valence-electron chi connectivity index (χ4n) is 2.54. The zero-order chi connectivity index (χ0) is 19.5. The molecule has 0 saturated carbocycles. The first-order valence-electron chi connectivity index (χ1n) is 8.40. The number of benzene rings is 2. The Balaban J connectivity index is 2.52. The summed E-state index contributed by atoms with van der Waals surface area (Å²) in [6.07, 6.45) is 1.59. The van der Waals surface area contributed by atoms with Gasteiger partial charge in [0.1, 0.15) is 17.2 Å². The molecule has 2 rings (SSSR count). The van der Waals surface area contributed by atoms with Crippen LogP contribution in [0.2, 0.25) is 0 Å². The summed E-state index contributed by atoms with van der Waals surface area (Å²) in [5.41, 5.74) is 6.82. The van der Waals surface area contributed by atoms with Crippen LogP contribution in [0.1, 0.15) is 49.8 Å². The van der Waals surface area contributed by atoms with Gasteiger partial charge in [-0.15, -0.1) is 0 Å². The molecule has 3 N–H and O–H groups in total. The standard InChI is InChI=1S/C21H23F2NO2/c1-13(2)14-4-6-15(7-5-14)17(10-11-21(3,24)20(25)26)18-9-8-16(22)12-19(18)23/h4-10,12-13H,11,24H2,1-3H3,(H,25,26)/b17-10-. The summed E-state index contributed by atoms with van der Waals surface area (Å²) < 4.78 is 27.6. The minimum atomic E-state index is -1.49. The van der Waals surface area contributed by atoms with Gasteiger partial charge in [0.15, 0.2) is 0 Å². The van der Waals surface area contributed by atoms with E-state index in [2.05, 4.69) is 13.8 Å². The average molecular weight is 359 g/mol. The quantitative estimate of drug-likeness (QED) is 0.785. The maximum absolute atomic E-state index is 14.3. The number of carbonyl (C=O) groups is 1. The summed E-state index contributed by atoms with van der Waals surface area (Å²) in [5.74, 6) is -2.19. The molecule has 0 heterocycles. The first-order chi connectivity index (χ1) is 12.1. The first-order valence-corrected chi connectivity index (χ1v) is 8.40. The van der Waals surface area contributed by atoms with Crippen molar-refractivity contribution in [3.8, 4) is 0 Å². The van der Waals surface area contributed by atoms with Crippen molar-refractivity contribution in [2.24, 2.45) is 5.73 Å². The smallest absolute Gasteiger partial charge is 0.323 e. The lowest BCUT2D eigenvalue weighted by Crippen LogP contribution is -2.44. The van der Waals surface area contributed by atoms with E-state index >= 15 is 0 Å². The molecule has 1 atom stereocenters. The summed E-state index contributed by atoms with van der Waals surface area (Å²) in [7, 11) is 0. The van der Waals surface area contributed by atoms with Crippen molar-refractivity contribution < 1.29 is 18.7 Å². The summed E-state index contributed by atoms with van der Waals surface area (Å²) >= 11 is 0. The summed E-state index contributed by atoms with van der Waals surface area (Å²) in [6.45, 7) is 5.53. The molecule has 0 bridgehead atoms. The SMILES string of the molecule is CC(C)c1ccc(/C(=C/CC(C)(N)C(=O)O)c2ccc(F)cc2F)cc1. The fraction of sp³-hybridized carbons (Fsp3) is 0.286. The Morgan fingerprint density at radius 2 is 1.81 bits per heavy atom. The second-order valence-electron chi connectivity index (χ2n) is 6.95. The Bertz CT molecular complexity index is 824. The van der Waals surface area contributed by atoms with Crippen molar-refractivity contribution in [1.82, 2.24) is 0 Å². The normalized spacial score (nSPS) is 14.3. The average Bonchev–Trinajstić information content (AvgIpc) is 2.56. The predicted octanol–water partition coefficient (Wildman–Crippen LogP) is 4.71. The minimum absolute atomic E-state index is 0.000412. The van der Waals surface area contributed by atoms with Gasteiger partial charge in [-0.1, -0.05) is 44.2 Å². The largest absolute Gasteiger partial charge is 0.480 e. The third-order valence-electron chi connectivity index (χ3n) is 4.33. The van der Waals surface area contributed by atoms with Crippen LogP contribution in [0.4, 0.5) is 8.78 Å². The van der Waals surface area contributed by atoms with Gasteiger partial charge >= 0.3 is 5.97 Å². The summed E-state index contributed by atoms with van der Waals surface area (Å²) in [4.78, 5) is 11.3. The maximum atomic E-state index is 14.3. The molecule has 0 saturated heterocycles. The van der Waals surface area contributed by atoms with Crippen LogP contribution in [0, 0.1) is 11.6 Å². The van der Waals surface area contributed by atoms with Crippen LogP contribution in [-0.2, 0) is 4.79 Å². The molecule has 0 fully saturated rings. The Morgan fingerprint density at radius 3 is 2.31 bits per heavy atom. The van der Waals surface area contributed by atoms with E-state index in [9.17, 15) is 18.7 Å². The van der Waals surface area contributed by atoms with Gasteiger partial charge in [0.25, 0.3) is 0 Å². The third kappa shape index (κ3) is 4.55. The van der Waals surface area contributed by atoms with E-state index in [1.165, 1.54) is 19.1 Å². The maximum Gasteiger partial charge on any atom is 0.323 e. The molecular weight excluding hydrogens is 336 g/mol. The highest BCUT2D eigenvalue weighted by Gasteiger charge is 2.27. The number of rotatable bonds is 6. The van der Waals surface area contributed by atoms with Gasteiger partial charge < -0.3 is 10.8 Å². The van der Waals surface area contributed by atoms with Crippen LogP contribution in [0.25, 0.3) is 5.57 Å². The van der Waals surface area contributed by atoms with Crippen LogP contribution in [0.15, 0.2) is 48.5 Å². The second kappa shape index (κ2) is 7.79. The molecule has 1 unspecified atom stereocenters. The predicted molar refractivity (Wildman–Crippen MR) is 98.8 cm³/mol. The van der Waals surface area contributed by atoms with E-state index in [-0.39, 0.29) is 12.0 Å². The molecule has 0 spiro atoms. The van der Waals surface area contributed by atoms with Crippen molar-refractivity contribution in [2.45, 2.75) is 38.6 Å². The van der Waals surface area contributed by atoms with Crippen molar-refractivity contribution in [3.63, 3.8) is 0 Å². The van der Waals surface area contributed by atoms with Gasteiger partial charge in [0, 0.05) is 11.6 Å². The number of hydrogen-bond donors (Lipinski definition) is 2. The molecule has 0 amide bonds. The number of carboxylic acid groups (broad SMARTS) is 1. The molecular formula is C21H23F2NO2. The molecule has 26 heavy (non-hydrogen) atoms. The van der Waals surface area contributed by atoms with E-state index in [4.69, 9.17) is 5.73 Å². The van der Waals surface area contributed by atoms with Gasteiger partial charge in [-0.25, -0.2) is 8.78 Å². The molecule has 138 valence electrons. The summed E-state index contributed by atoms with van der Waals surface area (Å²) in [6, 6.07) is 10.9. The molecule has 5 heteroatoms. The van der Waals surface area contributed by atoms with Crippen LogP contribution in [0.3, 0.4) is 0 Å². The number of aliphatic carboxylic acids is 1. The van der Waals surface area contributed by atoms with E-state index in [0.29, 0.717) is 17.1 Å². The Labute approximate surface area is 152 Å². The molecule has 0 aliphatic rings. The summed E-state index contributed by atoms with van der Waals surface area (Å²) in [5, 5.41) is 9.21. The highest BCUT2D eigenvalue weighted by Crippen LogP contribution is 2.29. The molecule has 0 aliphatic heterocycles. The monoisotopic (exact) mass is 359 g/mol. The van der Waals surface area contributed by atoms with Gasteiger partial charge in [-0.3, -0.25) is 4.79 Å². The van der Waals surface area contributed by atoms with E-state index in [0.717, 1.165) is 11.6 Å². The molecule has 2 aromatic carbocycles. The molecule has 0 radical (unpaired) electrons. The number of carboxylic acids is 1. The highest BCUT2D eigenvalue weighted by atomic mass is 19.1. The van der Waals surface area contributed by atoms with Crippen LogP contribution < -0.4 is 5.73 Å². The lowest BCUT2D eigenvalue weighted by molar-refractivity contribution is -0.142. The Hall–Kier alpha value is -2.53. The zero-order valence-electron chi connectivity index (χ0n) is 15.1. The molecule has 2 aromatic rings. The van der Waals surface area contributed by atoms with Crippen molar-refractivity contribution in [2.75, 3.05) is 0 Å². The first kappa shape index (κ1) is 19.8. The molecule has 0 aromatic heterocycles. The minimum Gasteiger partial charge on any atom is -0.480 e. The number of nitrogens with two attached hydrogens (primary N) is 1. The van der Waals surface area contributed by atoms with Crippen LogP contribution >= 0.6 is 0 Å². The fourth-order valence-corrected chi connectivity index (χ4v) is 2.54. The Morgan fingerprint density at radius 1 is 1.19 bits per heavy atom. The number of halogens is 2. The second-order valence-corrected chi connectivity index (χ2v) is 6.95. The van der Waals surface area contributed by atoms with Gasteiger partial charge in [-0.05, 0) is 48.1 Å². The third-order valence-corrected chi connectivity index (χ3v) is 4.33. The van der Waals surface area contributed by atoms with E-state index in [1.54, 1.807) is 6.08 Å². The zero-order valence-corrected chi connectivity index (χ0v) is 15.1.